The van der Waals surface area contributed by atoms with Gasteiger partial charge in [-0.05, 0) is 75.7 Å². The third kappa shape index (κ3) is 6.37. The molecule has 0 spiro atoms. The number of imide groups is 1. The van der Waals surface area contributed by atoms with Crippen LogP contribution in [0.5, 0.6) is 11.5 Å². The van der Waals surface area contributed by atoms with Crippen LogP contribution in [0, 0.1) is 11.3 Å². The summed E-state index contributed by atoms with van der Waals surface area (Å²) in [5.41, 5.74) is 2.30. The van der Waals surface area contributed by atoms with Crippen molar-refractivity contribution in [3.8, 4) is 17.6 Å². The van der Waals surface area contributed by atoms with Gasteiger partial charge in [-0.3, -0.25) is 19.3 Å². The Labute approximate surface area is 236 Å². The molecule has 0 radical (unpaired) electrons. The van der Waals surface area contributed by atoms with Crippen LogP contribution in [-0.4, -0.2) is 35.6 Å². The number of nitrogens with zero attached hydrogens (tertiary/aromatic N) is 2. The highest BCUT2D eigenvalue weighted by Gasteiger charge is 2.36. The number of ether oxygens (including phenoxy) is 2. The third-order valence-corrected chi connectivity index (χ3v) is 7.52. The number of anilines is 1. The minimum Gasteiger partial charge on any atom is -0.493 e. The number of carbonyl (C=O) groups excluding carboxylic acids is 3. The van der Waals surface area contributed by atoms with Crippen molar-refractivity contribution in [2.75, 3.05) is 19.0 Å². The Morgan fingerprint density at radius 2 is 1.95 bits per heavy atom. The van der Waals surface area contributed by atoms with Crippen molar-refractivity contribution in [2.45, 2.75) is 6.61 Å². The molecular weight excluding hydrogens is 594 g/mol. The molecule has 0 bridgehead atoms. The number of halogens is 2. The first kappa shape index (κ1) is 27.3. The van der Waals surface area contributed by atoms with E-state index in [0.29, 0.717) is 37.8 Å². The Morgan fingerprint density at radius 1 is 1.16 bits per heavy atom. The number of rotatable bonds is 8. The molecule has 1 N–H and O–H groups in total. The van der Waals surface area contributed by atoms with E-state index < -0.39 is 23.6 Å². The molecule has 0 aliphatic carbocycles. The average molecular weight is 613 g/mol. The number of hydrogen-bond donors (Lipinski definition) is 1. The highest BCUT2D eigenvalue weighted by molar-refractivity contribution is 9.10. The quantitative estimate of drug-likeness (QED) is 0.300. The Hall–Kier alpha value is -3.78. The number of carbonyl (C=O) groups is 3. The van der Waals surface area contributed by atoms with E-state index in [0.717, 1.165) is 22.2 Å². The molecule has 11 heteroatoms. The van der Waals surface area contributed by atoms with Crippen LogP contribution in [0.1, 0.15) is 16.7 Å². The zero-order chi connectivity index (χ0) is 27.2. The van der Waals surface area contributed by atoms with Gasteiger partial charge in [0.1, 0.15) is 13.2 Å². The second-order valence-electron chi connectivity index (χ2n) is 7.91. The monoisotopic (exact) mass is 611 g/mol. The van der Waals surface area contributed by atoms with Crippen molar-refractivity contribution in [1.82, 2.24) is 4.90 Å². The maximum absolute atomic E-state index is 12.9. The number of nitrogens with one attached hydrogen (secondary N) is 1. The van der Waals surface area contributed by atoms with Crippen LogP contribution in [0.4, 0.5) is 10.5 Å². The molecule has 8 nitrogen and oxygen atoms in total. The highest BCUT2D eigenvalue weighted by Crippen LogP contribution is 2.35. The second kappa shape index (κ2) is 12.2. The normalized spacial score (nSPS) is 13.9. The van der Waals surface area contributed by atoms with Gasteiger partial charge in [-0.25, -0.2) is 0 Å². The summed E-state index contributed by atoms with van der Waals surface area (Å²) < 4.78 is 12.0. The molecule has 0 atom stereocenters. The Morgan fingerprint density at radius 3 is 2.68 bits per heavy atom. The van der Waals surface area contributed by atoms with E-state index in [1.807, 2.05) is 12.1 Å². The molecule has 0 aromatic heterocycles. The Kier molecular flexibility index (Phi) is 8.73. The fourth-order valence-electron chi connectivity index (χ4n) is 3.51. The fraction of sp³-hybridized carbons (Fsp3) is 0.111. The van der Waals surface area contributed by atoms with Crippen LogP contribution in [0.2, 0.25) is 5.02 Å². The molecule has 192 valence electrons. The summed E-state index contributed by atoms with van der Waals surface area (Å²) in [6.07, 6.45) is 1.55. The molecular formula is C27H19BrClN3O5S. The minimum absolute atomic E-state index is 0.173. The van der Waals surface area contributed by atoms with E-state index in [4.69, 9.17) is 21.1 Å². The third-order valence-electron chi connectivity index (χ3n) is 5.39. The molecule has 38 heavy (non-hydrogen) atoms. The summed E-state index contributed by atoms with van der Waals surface area (Å²) in [6, 6.07) is 19.2. The van der Waals surface area contributed by atoms with E-state index in [9.17, 15) is 19.6 Å². The first-order valence-corrected chi connectivity index (χ1v) is 13.1. The molecule has 3 aromatic carbocycles. The number of methoxy groups -OCH3 is 1. The number of hydrogen-bond acceptors (Lipinski definition) is 7. The van der Waals surface area contributed by atoms with Crippen molar-refractivity contribution in [3.63, 3.8) is 0 Å². The summed E-state index contributed by atoms with van der Waals surface area (Å²) in [4.78, 5) is 38.9. The van der Waals surface area contributed by atoms with Crippen LogP contribution >= 0.6 is 39.3 Å². The van der Waals surface area contributed by atoms with Crippen molar-refractivity contribution < 1.29 is 23.9 Å². The molecule has 3 amide bonds. The standard InChI is InChI=1S/C27H19BrClN3O5S/c1-36-23-10-16(6-9-22(23)37-15-18-5-3-2-4-17(18)13-30)11-24-26(34)32(27(35)38-24)14-25(33)31-19-7-8-20(28)21(29)12-19/h2-12H,14-15H2,1H3,(H,31,33)/b24-11-. The first-order chi connectivity index (χ1) is 18.3. The van der Waals surface area contributed by atoms with Gasteiger partial charge in [-0.1, -0.05) is 35.9 Å². The van der Waals surface area contributed by atoms with Crippen LogP contribution in [0.25, 0.3) is 6.08 Å². The lowest BCUT2D eigenvalue weighted by Crippen LogP contribution is -2.36. The van der Waals surface area contributed by atoms with Crippen molar-refractivity contribution >= 4 is 68.1 Å². The van der Waals surface area contributed by atoms with Gasteiger partial charge in [-0.2, -0.15) is 5.26 Å². The molecule has 4 rings (SSSR count). The zero-order valence-electron chi connectivity index (χ0n) is 19.9. The molecule has 1 heterocycles. The van der Waals surface area contributed by atoms with Crippen LogP contribution in [0.15, 0.2) is 70.0 Å². The van der Waals surface area contributed by atoms with E-state index in [1.165, 1.54) is 7.11 Å². The molecule has 0 saturated carbocycles. The van der Waals surface area contributed by atoms with Gasteiger partial charge >= 0.3 is 0 Å². The van der Waals surface area contributed by atoms with Gasteiger partial charge in [0.25, 0.3) is 11.1 Å². The van der Waals surface area contributed by atoms with E-state index in [2.05, 4.69) is 27.3 Å². The van der Waals surface area contributed by atoms with Crippen LogP contribution < -0.4 is 14.8 Å². The lowest BCUT2D eigenvalue weighted by molar-refractivity contribution is -0.127. The van der Waals surface area contributed by atoms with Crippen molar-refractivity contribution in [1.29, 1.82) is 5.26 Å². The van der Waals surface area contributed by atoms with Gasteiger partial charge in [-0.15, -0.1) is 0 Å². The van der Waals surface area contributed by atoms with E-state index in [1.54, 1.807) is 54.6 Å². The first-order valence-electron chi connectivity index (χ1n) is 11.1. The molecule has 1 aliphatic rings. The Bertz CT molecular complexity index is 1500. The van der Waals surface area contributed by atoms with Gasteiger partial charge in [0.05, 0.1) is 28.7 Å². The number of nitriles is 1. The van der Waals surface area contributed by atoms with Gasteiger partial charge in [0, 0.05) is 15.7 Å². The SMILES string of the molecule is COc1cc(/C=C2\SC(=O)N(CC(=O)Nc3ccc(Br)c(Cl)c3)C2=O)ccc1OCc1ccccc1C#N. The summed E-state index contributed by atoms with van der Waals surface area (Å²) in [5, 5.41) is 11.8. The molecule has 1 aliphatic heterocycles. The Balaban J connectivity index is 1.43. The predicted molar refractivity (Wildman–Crippen MR) is 149 cm³/mol. The molecule has 1 saturated heterocycles. The summed E-state index contributed by atoms with van der Waals surface area (Å²) >= 11 is 10.1. The number of benzene rings is 3. The summed E-state index contributed by atoms with van der Waals surface area (Å²) in [7, 11) is 1.49. The lowest BCUT2D eigenvalue weighted by Gasteiger charge is -2.13. The molecule has 1 fully saturated rings. The van der Waals surface area contributed by atoms with Gasteiger partial charge in [0.15, 0.2) is 11.5 Å². The smallest absolute Gasteiger partial charge is 0.294 e. The van der Waals surface area contributed by atoms with E-state index in [-0.39, 0.29) is 11.5 Å². The minimum atomic E-state index is -0.573. The molecule has 0 unspecified atom stereocenters. The fourth-order valence-corrected chi connectivity index (χ4v) is 4.78. The van der Waals surface area contributed by atoms with Gasteiger partial charge in [0.2, 0.25) is 5.91 Å². The maximum Gasteiger partial charge on any atom is 0.294 e. The largest absolute Gasteiger partial charge is 0.493 e. The summed E-state index contributed by atoms with van der Waals surface area (Å²) in [6.45, 7) is -0.261. The summed E-state index contributed by atoms with van der Waals surface area (Å²) in [5.74, 6) is -0.236. The van der Waals surface area contributed by atoms with E-state index >= 15 is 0 Å². The predicted octanol–water partition coefficient (Wildman–Crippen LogP) is 6.24. The number of thioether (sulfide) groups is 1. The van der Waals surface area contributed by atoms with Gasteiger partial charge < -0.3 is 14.8 Å². The molecule has 3 aromatic rings. The second-order valence-corrected chi connectivity index (χ2v) is 10.2. The van der Waals surface area contributed by atoms with Crippen molar-refractivity contribution in [3.05, 3.63) is 91.8 Å². The van der Waals surface area contributed by atoms with Crippen molar-refractivity contribution in [2.24, 2.45) is 0 Å². The van der Waals surface area contributed by atoms with Crippen LogP contribution in [0.3, 0.4) is 0 Å². The maximum atomic E-state index is 12.9. The average Bonchev–Trinajstić information content (AvgIpc) is 3.17. The van der Waals surface area contributed by atoms with Crippen LogP contribution in [-0.2, 0) is 16.2 Å². The highest BCUT2D eigenvalue weighted by atomic mass is 79.9. The number of amides is 3. The zero-order valence-corrected chi connectivity index (χ0v) is 23.0. The lowest BCUT2D eigenvalue weighted by atomic mass is 10.1. The topological polar surface area (TPSA) is 109 Å².